The zero-order chi connectivity index (χ0) is 14.8. The average Bonchev–Trinajstić information content (AvgIpc) is 2.89. The van der Waals surface area contributed by atoms with E-state index in [-0.39, 0.29) is 0 Å². The summed E-state index contributed by atoms with van der Waals surface area (Å²) in [5.41, 5.74) is 2.77. The third-order valence-electron chi connectivity index (χ3n) is 4.32. The molecule has 0 N–H and O–H groups in total. The second kappa shape index (κ2) is 6.28. The minimum Gasteiger partial charge on any atom is -0.320 e. The molecule has 21 heavy (non-hydrogen) atoms. The van der Waals surface area contributed by atoms with Crippen LogP contribution in [0.3, 0.4) is 0 Å². The Morgan fingerprint density at radius 2 is 2.24 bits per heavy atom. The molecule has 3 rings (SSSR count). The summed E-state index contributed by atoms with van der Waals surface area (Å²) in [6.07, 6.45) is 4.24. The maximum Gasteiger partial charge on any atom is 0.136 e. The summed E-state index contributed by atoms with van der Waals surface area (Å²) in [6.45, 7) is 5.45. The molecule has 1 aromatic carbocycles. The molecule has 0 aliphatic carbocycles. The van der Waals surface area contributed by atoms with E-state index in [9.17, 15) is 0 Å². The molecule has 0 unspecified atom stereocenters. The van der Waals surface area contributed by atoms with Crippen molar-refractivity contribution in [3.63, 3.8) is 0 Å². The van der Waals surface area contributed by atoms with Crippen LogP contribution in [0.1, 0.15) is 35.7 Å². The highest BCUT2D eigenvalue weighted by molar-refractivity contribution is 9.10. The molecule has 2 aromatic rings. The number of hydrogen-bond acceptors (Lipinski definition) is 3. The number of aromatic nitrogens is 3. The average molecular weight is 349 g/mol. The first-order valence-electron chi connectivity index (χ1n) is 7.45. The summed E-state index contributed by atoms with van der Waals surface area (Å²) in [5.74, 6) is 1.62. The normalized spacial score (nSPS) is 19.9. The molecule has 1 aliphatic heterocycles. The quantitative estimate of drug-likeness (QED) is 0.853. The number of halogens is 1. The lowest BCUT2D eigenvalue weighted by atomic mass is 9.96. The lowest BCUT2D eigenvalue weighted by molar-refractivity contribution is 0.195. The van der Waals surface area contributed by atoms with E-state index in [0.29, 0.717) is 5.92 Å². The van der Waals surface area contributed by atoms with Crippen LogP contribution in [0.25, 0.3) is 0 Å². The molecule has 2 heterocycles. The highest BCUT2D eigenvalue weighted by Gasteiger charge is 2.24. The van der Waals surface area contributed by atoms with Crippen LogP contribution in [-0.2, 0) is 13.6 Å². The molecule has 1 aliphatic rings. The van der Waals surface area contributed by atoms with Crippen LogP contribution in [0.4, 0.5) is 0 Å². The van der Waals surface area contributed by atoms with Gasteiger partial charge in [-0.05, 0) is 49.6 Å². The third-order valence-corrected chi connectivity index (χ3v) is 4.81. The number of hydrogen-bond donors (Lipinski definition) is 0. The van der Waals surface area contributed by atoms with Gasteiger partial charge >= 0.3 is 0 Å². The van der Waals surface area contributed by atoms with Crippen LogP contribution in [0.5, 0.6) is 0 Å². The second-order valence-corrected chi connectivity index (χ2v) is 6.86. The highest BCUT2D eigenvalue weighted by Crippen LogP contribution is 2.27. The first kappa shape index (κ1) is 14.7. The Hall–Kier alpha value is -1.20. The van der Waals surface area contributed by atoms with Gasteiger partial charge < -0.3 is 4.57 Å². The van der Waals surface area contributed by atoms with E-state index in [4.69, 9.17) is 0 Å². The van der Waals surface area contributed by atoms with Crippen LogP contribution in [0, 0.1) is 6.92 Å². The van der Waals surface area contributed by atoms with Crippen LogP contribution in [0.15, 0.2) is 29.0 Å². The van der Waals surface area contributed by atoms with E-state index in [1.165, 1.54) is 30.5 Å². The number of piperidine rings is 1. The van der Waals surface area contributed by atoms with Gasteiger partial charge in [-0.2, -0.15) is 0 Å². The van der Waals surface area contributed by atoms with E-state index < -0.39 is 0 Å². The van der Waals surface area contributed by atoms with Crippen LogP contribution >= 0.6 is 15.9 Å². The number of aryl methyl sites for hydroxylation is 2. The number of benzene rings is 1. The van der Waals surface area contributed by atoms with Gasteiger partial charge in [0.25, 0.3) is 0 Å². The van der Waals surface area contributed by atoms with Crippen molar-refractivity contribution in [1.82, 2.24) is 19.7 Å². The Morgan fingerprint density at radius 1 is 1.38 bits per heavy atom. The van der Waals surface area contributed by atoms with E-state index in [1.807, 2.05) is 7.05 Å². The Kier molecular flexibility index (Phi) is 4.40. The van der Waals surface area contributed by atoms with Gasteiger partial charge in [-0.1, -0.05) is 22.0 Å². The summed E-state index contributed by atoms with van der Waals surface area (Å²) in [4.78, 5) is 2.54. The van der Waals surface area contributed by atoms with Gasteiger partial charge in [0.15, 0.2) is 0 Å². The Balaban J connectivity index is 1.70. The van der Waals surface area contributed by atoms with Crippen molar-refractivity contribution in [3.8, 4) is 0 Å². The summed E-state index contributed by atoms with van der Waals surface area (Å²) in [7, 11) is 2.03. The van der Waals surface area contributed by atoms with Crippen molar-refractivity contribution in [1.29, 1.82) is 0 Å². The maximum absolute atomic E-state index is 4.29. The lowest BCUT2D eigenvalue weighted by Crippen LogP contribution is -2.35. The zero-order valence-corrected chi connectivity index (χ0v) is 14.2. The van der Waals surface area contributed by atoms with Crippen molar-refractivity contribution in [2.75, 3.05) is 13.1 Å². The summed E-state index contributed by atoms with van der Waals surface area (Å²) >= 11 is 3.53. The molecule has 1 fully saturated rings. The van der Waals surface area contributed by atoms with Crippen molar-refractivity contribution in [2.45, 2.75) is 32.2 Å². The van der Waals surface area contributed by atoms with Gasteiger partial charge in [0, 0.05) is 30.5 Å². The second-order valence-electron chi connectivity index (χ2n) is 5.95. The van der Waals surface area contributed by atoms with Gasteiger partial charge in [-0.15, -0.1) is 10.2 Å². The molecular weight excluding hydrogens is 328 g/mol. The lowest BCUT2D eigenvalue weighted by Gasteiger charge is -2.32. The Morgan fingerprint density at radius 3 is 2.95 bits per heavy atom. The van der Waals surface area contributed by atoms with Crippen LogP contribution in [0.2, 0.25) is 0 Å². The highest BCUT2D eigenvalue weighted by atomic mass is 79.9. The van der Waals surface area contributed by atoms with Crippen LogP contribution < -0.4 is 0 Å². The fourth-order valence-corrected chi connectivity index (χ4v) is 3.62. The Labute approximate surface area is 134 Å². The summed E-state index contributed by atoms with van der Waals surface area (Å²) < 4.78 is 3.21. The molecule has 112 valence electrons. The molecule has 0 amide bonds. The molecular formula is C16H21BrN4. The standard InChI is InChI=1S/C16H21BrN4/c1-12-8-15(17)6-5-13(12)9-21-7-3-4-14(10-21)16-19-18-11-20(16)2/h5-6,8,11,14H,3-4,7,9-10H2,1-2H3/t14-/m1/s1. The molecule has 1 aromatic heterocycles. The predicted molar refractivity (Wildman–Crippen MR) is 87.1 cm³/mol. The summed E-state index contributed by atoms with van der Waals surface area (Å²) in [6, 6.07) is 6.55. The molecule has 0 radical (unpaired) electrons. The largest absolute Gasteiger partial charge is 0.320 e. The SMILES string of the molecule is Cc1cc(Br)ccc1CN1CCC[C@@H](c2nncn2C)C1. The topological polar surface area (TPSA) is 34.0 Å². The van der Waals surface area contributed by atoms with E-state index >= 15 is 0 Å². The smallest absolute Gasteiger partial charge is 0.136 e. The zero-order valence-electron chi connectivity index (χ0n) is 12.6. The first-order chi connectivity index (χ1) is 10.1. The van der Waals surface area contributed by atoms with E-state index in [1.54, 1.807) is 6.33 Å². The van der Waals surface area contributed by atoms with E-state index in [0.717, 1.165) is 23.4 Å². The van der Waals surface area contributed by atoms with Crippen molar-refractivity contribution in [3.05, 3.63) is 46.0 Å². The summed E-state index contributed by atoms with van der Waals surface area (Å²) in [5, 5.41) is 8.31. The van der Waals surface area contributed by atoms with Gasteiger partial charge in [0.2, 0.25) is 0 Å². The van der Waals surface area contributed by atoms with Gasteiger partial charge in [0.05, 0.1) is 0 Å². The van der Waals surface area contributed by atoms with Crippen molar-refractivity contribution in [2.24, 2.45) is 7.05 Å². The van der Waals surface area contributed by atoms with Crippen molar-refractivity contribution >= 4 is 15.9 Å². The minimum atomic E-state index is 0.502. The van der Waals surface area contributed by atoms with Crippen molar-refractivity contribution < 1.29 is 0 Å². The Bertz CT molecular complexity index is 622. The number of rotatable bonds is 3. The molecule has 1 atom stereocenters. The monoisotopic (exact) mass is 348 g/mol. The number of nitrogens with zero attached hydrogens (tertiary/aromatic N) is 4. The predicted octanol–water partition coefficient (Wildman–Crippen LogP) is 3.27. The fourth-order valence-electron chi connectivity index (χ4n) is 3.15. The molecule has 0 saturated carbocycles. The van der Waals surface area contributed by atoms with E-state index in [2.05, 4.69) is 60.7 Å². The van der Waals surface area contributed by atoms with Gasteiger partial charge in [-0.25, -0.2) is 0 Å². The molecule has 0 bridgehead atoms. The molecule has 5 heteroatoms. The molecule has 4 nitrogen and oxygen atoms in total. The number of likely N-dealkylation sites (tertiary alicyclic amines) is 1. The maximum atomic E-state index is 4.29. The third kappa shape index (κ3) is 3.35. The minimum absolute atomic E-state index is 0.502. The van der Waals surface area contributed by atoms with Crippen LogP contribution in [-0.4, -0.2) is 32.8 Å². The molecule has 1 saturated heterocycles. The first-order valence-corrected chi connectivity index (χ1v) is 8.24. The molecule has 0 spiro atoms. The fraction of sp³-hybridized carbons (Fsp3) is 0.500. The van der Waals surface area contributed by atoms with Gasteiger partial charge in [0.1, 0.15) is 12.2 Å². The van der Waals surface area contributed by atoms with Gasteiger partial charge in [-0.3, -0.25) is 4.90 Å².